The average Bonchev–Trinajstić information content (AvgIpc) is 2.45. The van der Waals surface area contributed by atoms with E-state index in [1.54, 1.807) is 0 Å². The molecule has 0 heterocycles. The van der Waals surface area contributed by atoms with E-state index in [-0.39, 0.29) is 16.9 Å². The SMILES string of the molecule is O=C(O)c1ccc(/N=N/c2ccc([N+](=O)[O-])cc2)cc1O. The summed E-state index contributed by atoms with van der Waals surface area (Å²) < 4.78 is 0. The van der Waals surface area contributed by atoms with Crippen molar-refractivity contribution in [1.82, 2.24) is 0 Å². The lowest BCUT2D eigenvalue weighted by atomic mass is 10.2. The summed E-state index contributed by atoms with van der Waals surface area (Å²) in [5.41, 5.74) is 0.361. The monoisotopic (exact) mass is 287 g/mol. The minimum atomic E-state index is -1.24. The lowest BCUT2D eigenvalue weighted by molar-refractivity contribution is -0.384. The van der Waals surface area contributed by atoms with E-state index in [2.05, 4.69) is 10.2 Å². The van der Waals surface area contributed by atoms with Crippen LogP contribution < -0.4 is 0 Å². The molecular weight excluding hydrogens is 278 g/mol. The number of azo groups is 1. The molecule has 2 aromatic rings. The molecule has 0 aliphatic carbocycles. The third-order valence-corrected chi connectivity index (χ3v) is 2.55. The number of nitro benzene ring substituents is 1. The molecule has 0 amide bonds. The van der Waals surface area contributed by atoms with Gasteiger partial charge in [-0.15, -0.1) is 0 Å². The van der Waals surface area contributed by atoms with E-state index in [0.29, 0.717) is 5.69 Å². The van der Waals surface area contributed by atoms with Gasteiger partial charge in [0.25, 0.3) is 5.69 Å². The Balaban J connectivity index is 2.19. The standard InChI is InChI=1S/C13H9N3O5/c17-12-7-9(3-6-11(12)13(18)19)15-14-8-1-4-10(5-2-8)16(20)21/h1-7,17H,(H,18,19)/b15-14+. The van der Waals surface area contributed by atoms with Gasteiger partial charge >= 0.3 is 5.97 Å². The molecule has 0 radical (unpaired) electrons. The van der Waals surface area contributed by atoms with Crippen molar-refractivity contribution in [1.29, 1.82) is 0 Å². The van der Waals surface area contributed by atoms with Crippen LogP contribution in [-0.4, -0.2) is 21.1 Å². The molecule has 0 fully saturated rings. The van der Waals surface area contributed by atoms with Gasteiger partial charge in [0.2, 0.25) is 0 Å². The zero-order valence-corrected chi connectivity index (χ0v) is 10.5. The molecule has 0 saturated heterocycles. The molecule has 0 aromatic heterocycles. The molecule has 0 aliphatic heterocycles. The Morgan fingerprint density at radius 3 is 2.14 bits per heavy atom. The van der Waals surface area contributed by atoms with Gasteiger partial charge in [0.1, 0.15) is 11.3 Å². The first-order valence-electron chi connectivity index (χ1n) is 5.70. The molecular formula is C13H9N3O5. The number of carbonyl (C=O) groups is 1. The fourth-order valence-corrected chi connectivity index (χ4v) is 1.52. The molecule has 0 saturated carbocycles. The van der Waals surface area contributed by atoms with Gasteiger partial charge in [-0.25, -0.2) is 4.79 Å². The Hall–Kier alpha value is -3.29. The number of carboxylic acid groups (broad SMARTS) is 1. The van der Waals surface area contributed by atoms with Crippen molar-refractivity contribution < 1.29 is 19.9 Å². The third-order valence-electron chi connectivity index (χ3n) is 2.55. The van der Waals surface area contributed by atoms with Gasteiger partial charge in [0.15, 0.2) is 0 Å². The summed E-state index contributed by atoms with van der Waals surface area (Å²) in [6, 6.07) is 9.19. The van der Waals surface area contributed by atoms with Crippen molar-refractivity contribution in [2.75, 3.05) is 0 Å². The van der Waals surface area contributed by atoms with Crippen molar-refractivity contribution in [3.63, 3.8) is 0 Å². The quantitative estimate of drug-likeness (QED) is 0.506. The van der Waals surface area contributed by atoms with Crippen molar-refractivity contribution in [2.24, 2.45) is 10.2 Å². The van der Waals surface area contributed by atoms with Crippen LogP contribution in [0.3, 0.4) is 0 Å². The minimum Gasteiger partial charge on any atom is -0.507 e. The van der Waals surface area contributed by atoms with E-state index in [4.69, 9.17) is 5.11 Å². The number of rotatable bonds is 4. The topological polar surface area (TPSA) is 125 Å². The Labute approximate surface area is 118 Å². The minimum absolute atomic E-state index is 0.0580. The maximum atomic E-state index is 10.7. The van der Waals surface area contributed by atoms with E-state index >= 15 is 0 Å². The summed E-state index contributed by atoms with van der Waals surface area (Å²) in [5.74, 6) is -1.66. The molecule has 0 unspecified atom stereocenters. The highest BCUT2D eigenvalue weighted by atomic mass is 16.6. The van der Waals surface area contributed by atoms with Gasteiger partial charge in [-0.1, -0.05) is 0 Å². The predicted molar refractivity (Wildman–Crippen MR) is 72.3 cm³/mol. The normalized spacial score (nSPS) is 10.7. The maximum absolute atomic E-state index is 10.7. The molecule has 0 bridgehead atoms. The summed E-state index contributed by atoms with van der Waals surface area (Å²) in [7, 11) is 0. The van der Waals surface area contributed by atoms with Crippen LogP contribution in [0.25, 0.3) is 0 Å². The van der Waals surface area contributed by atoms with Gasteiger partial charge in [0, 0.05) is 18.2 Å². The number of nitro groups is 1. The highest BCUT2D eigenvalue weighted by molar-refractivity contribution is 5.91. The summed E-state index contributed by atoms with van der Waals surface area (Å²) in [5, 5.41) is 36.4. The number of hydrogen-bond donors (Lipinski definition) is 2. The number of phenols is 1. The second-order valence-corrected chi connectivity index (χ2v) is 3.98. The maximum Gasteiger partial charge on any atom is 0.339 e. The Kier molecular flexibility index (Phi) is 3.89. The van der Waals surface area contributed by atoms with Crippen LogP contribution in [0, 0.1) is 10.1 Å². The third kappa shape index (κ3) is 3.38. The van der Waals surface area contributed by atoms with Crippen molar-refractivity contribution in [3.05, 3.63) is 58.1 Å². The van der Waals surface area contributed by atoms with Crippen molar-refractivity contribution in [2.45, 2.75) is 0 Å². The van der Waals surface area contributed by atoms with E-state index in [9.17, 15) is 20.0 Å². The summed E-state index contributed by atoms with van der Waals surface area (Å²) in [6.07, 6.45) is 0. The highest BCUT2D eigenvalue weighted by Gasteiger charge is 2.09. The predicted octanol–water partition coefficient (Wildman–Crippen LogP) is 3.41. The van der Waals surface area contributed by atoms with E-state index in [1.807, 2.05) is 0 Å². The van der Waals surface area contributed by atoms with Gasteiger partial charge < -0.3 is 10.2 Å². The second-order valence-electron chi connectivity index (χ2n) is 3.98. The second kappa shape index (κ2) is 5.78. The van der Waals surface area contributed by atoms with Crippen LogP contribution in [-0.2, 0) is 0 Å². The number of hydrogen-bond acceptors (Lipinski definition) is 6. The zero-order valence-electron chi connectivity index (χ0n) is 10.5. The Bertz CT molecular complexity index is 725. The molecule has 2 rings (SSSR count). The van der Waals surface area contributed by atoms with Gasteiger partial charge in [-0.05, 0) is 24.3 Å². The first-order valence-corrected chi connectivity index (χ1v) is 5.70. The first-order chi connectivity index (χ1) is 9.97. The number of nitrogens with zero attached hydrogens (tertiary/aromatic N) is 3. The van der Waals surface area contributed by atoms with Crippen LogP contribution in [0.5, 0.6) is 5.75 Å². The molecule has 0 spiro atoms. The molecule has 21 heavy (non-hydrogen) atoms. The van der Waals surface area contributed by atoms with Gasteiger partial charge in [-0.2, -0.15) is 10.2 Å². The smallest absolute Gasteiger partial charge is 0.339 e. The van der Waals surface area contributed by atoms with Crippen molar-refractivity contribution in [3.8, 4) is 5.75 Å². The summed E-state index contributed by atoms with van der Waals surface area (Å²) in [4.78, 5) is 20.7. The van der Waals surface area contributed by atoms with E-state index in [1.165, 1.54) is 42.5 Å². The molecule has 8 heteroatoms. The molecule has 106 valence electrons. The average molecular weight is 287 g/mol. The lowest BCUT2D eigenvalue weighted by Gasteiger charge is -1.99. The lowest BCUT2D eigenvalue weighted by Crippen LogP contribution is -1.95. The van der Waals surface area contributed by atoms with E-state index < -0.39 is 16.6 Å². The molecule has 0 aliphatic rings. The molecule has 0 atom stereocenters. The van der Waals surface area contributed by atoms with Crippen LogP contribution >= 0.6 is 0 Å². The number of non-ortho nitro benzene ring substituents is 1. The summed E-state index contributed by atoms with van der Waals surface area (Å²) in [6.45, 7) is 0. The highest BCUT2D eigenvalue weighted by Crippen LogP contribution is 2.26. The van der Waals surface area contributed by atoms with Crippen LogP contribution in [0.2, 0.25) is 0 Å². The molecule has 2 aromatic carbocycles. The molecule has 2 N–H and O–H groups in total. The van der Waals surface area contributed by atoms with E-state index in [0.717, 1.165) is 0 Å². The van der Waals surface area contributed by atoms with Crippen LogP contribution in [0.15, 0.2) is 52.7 Å². The molecule has 8 nitrogen and oxygen atoms in total. The van der Waals surface area contributed by atoms with Gasteiger partial charge in [0.05, 0.1) is 16.3 Å². The Morgan fingerprint density at radius 1 is 1.05 bits per heavy atom. The Morgan fingerprint density at radius 2 is 1.62 bits per heavy atom. The fourth-order valence-electron chi connectivity index (χ4n) is 1.52. The fraction of sp³-hybridized carbons (Fsp3) is 0. The first kappa shape index (κ1) is 14.1. The zero-order chi connectivity index (χ0) is 15.4. The number of benzene rings is 2. The number of aromatic hydroxyl groups is 1. The van der Waals surface area contributed by atoms with Gasteiger partial charge in [-0.3, -0.25) is 10.1 Å². The number of aromatic carboxylic acids is 1. The number of carboxylic acids is 1. The van der Waals surface area contributed by atoms with Crippen LogP contribution in [0.1, 0.15) is 10.4 Å². The van der Waals surface area contributed by atoms with Crippen molar-refractivity contribution >= 4 is 23.0 Å². The van der Waals surface area contributed by atoms with Crippen LogP contribution in [0.4, 0.5) is 17.1 Å². The summed E-state index contributed by atoms with van der Waals surface area (Å²) >= 11 is 0. The largest absolute Gasteiger partial charge is 0.507 e.